The number of benzene rings is 1. The van der Waals surface area contributed by atoms with Gasteiger partial charge in [0.05, 0.1) is 11.4 Å². The molecule has 0 radical (unpaired) electrons. The highest BCUT2D eigenvalue weighted by Crippen LogP contribution is 2.28. The lowest BCUT2D eigenvalue weighted by Gasteiger charge is -2.22. The van der Waals surface area contributed by atoms with E-state index in [1.807, 2.05) is 45.0 Å². The fraction of sp³-hybridized carbons (Fsp3) is 0.562. The number of nitrogens with one attached hydrogen (secondary N) is 1. The van der Waals surface area contributed by atoms with Crippen molar-refractivity contribution in [2.24, 2.45) is 5.92 Å². The minimum Gasteiger partial charge on any atom is -0.444 e. The average molecular weight is 291 g/mol. The lowest BCUT2D eigenvalue weighted by atomic mass is 10.1. The second-order valence-corrected chi connectivity index (χ2v) is 6.54. The van der Waals surface area contributed by atoms with Crippen LogP contribution in [-0.2, 0) is 4.74 Å². The van der Waals surface area contributed by atoms with Gasteiger partial charge in [-0.05, 0) is 45.2 Å². The van der Waals surface area contributed by atoms with E-state index < -0.39 is 5.60 Å². The van der Waals surface area contributed by atoms with Crippen molar-refractivity contribution in [2.75, 3.05) is 30.3 Å². The molecule has 0 spiro atoms. The van der Waals surface area contributed by atoms with E-state index in [1.54, 1.807) is 0 Å². The number of nitrogen functional groups attached to an aromatic ring is 1. The average Bonchev–Trinajstić information content (AvgIpc) is 2.83. The maximum atomic E-state index is 11.7. The molecule has 1 heterocycles. The van der Waals surface area contributed by atoms with Crippen molar-refractivity contribution in [2.45, 2.75) is 32.8 Å². The third kappa shape index (κ3) is 4.55. The molecule has 2 rings (SSSR count). The Labute approximate surface area is 126 Å². The highest BCUT2D eigenvalue weighted by Gasteiger charge is 2.25. The van der Waals surface area contributed by atoms with E-state index in [4.69, 9.17) is 10.5 Å². The van der Waals surface area contributed by atoms with Gasteiger partial charge in [-0.3, -0.25) is 0 Å². The number of hydrogen-bond donors (Lipinski definition) is 2. The molecule has 1 amide bonds. The van der Waals surface area contributed by atoms with E-state index in [-0.39, 0.29) is 6.09 Å². The monoisotopic (exact) mass is 291 g/mol. The lowest BCUT2D eigenvalue weighted by molar-refractivity contribution is 0.0520. The van der Waals surface area contributed by atoms with Crippen LogP contribution in [0.4, 0.5) is 16.2 Å². The molecule has 1 aliphatic heterocycles. The molecule has 21 heavy (non-hydrogen) atoms. The smallest absolute Gasteiger partial charge is 0.407 e. The van der Waals surface area contributed by atoms with E-state index in [2.05, 4.69) is 10.2 Å². The molecular weight excluding hydrogens is 266 g/mol. The summed E-state index contributed by atoms with van der Waals surface area (Å²) in [5.74, 6) is 0.428. The standard InChI is InChI=1S/C16H25N3O2/c1-16(2,3)21-15(20)18-10-12-8-9-19(11-12)14-7-5-4-6-13(14)17/h4-7,12H,8-11,17H2,1-3H3,(H,18,20)/t12-/m1/s1. The maximum absolute atomic E-state index is 11.7. The quantitative estimate of drug-likeness (QED) is 0.840. The van der Waals surface area contributed by atoms with Crippen LogP contribution in [0.2, 0.25) is 0 Å². The summed E-state index contributed by atoms with van der Waals surface area (Å²) in [7, 11) is 0. The molecule has 1 aliphatic rings. The molecule has 1 atom stereocenters. The first-order valence-electron chi connectivity index (χ1n) is 7.41. The molecule has 1 fully saturated rings. The summed E-state index contributed by atoms with van der Waals surface area (Å²) in [6, 6.07) is 7.90. The van der Waals surface area contributed by atoms with Crippen molar-refractivity contribution >= 4 is 17.5 Å². The SMILES string of the molecule is CC(C)(C)OC(=O)NC[C@H]1CCN(c2ccccc2N)C1. The molecule has 0 unspecified atom stereocenters. The Hall–Kier alpha value is -1.91. The first-order chi connectivity index (χ1) is 9.85. The van der Waals surface area contributed by atoms with Crippen molar-refractivity contribution in [3.63, 3.8) is 0 Å². The Morgan fingerprint density at radius 2 is 2.14 bits per heavy atom. The number of carbonyl (C=O) groups excluding carboxylic acids is 1. The van der Waals surface area contributed by atoms with Crippen molar-refractivity contribution in [1.82, 2.24) is 5.32 Å². The van der Waals surface area contributed by atoms with Gasteiger partial charge in [0.15, 0.2) is 0 Å². The zero-order chi connectivity index (χ0) is 15.5. The Balaban J connectivity index is 1.81. The largest absolute Gasteiger partial charge is 0.444 e. The number of nitrogens with zero attached hydrogens (tertiary/aromatic N) is 1. The van der Waals surface area contributed by atoms with Gasteiger partial charge in [-0.25, -0.2) is 4.79 Å². The number of alkyl carbamates (subject to hydrolysis) is 1. The first kappa shape index (κ1) is 15.5. The number of ether oxygens (including phenoxy) is 1. The summed E-state index contributed by atoms with van der Waals surface area (Å²) in [6.45, 7) is 8.10. The zero-order valence-corrected chi connectivity index (χ0v) is 13.1. The maximum Gasteiger partial charge on any atom is 0.407 e. The van der Waals surface area contributed by atoms with E-state index in [1.165, 1.54) is 0 Å². The predicted octanol–water partition coefficient (Wildman–Crippen LogP) is 2.62. The van der Waals surface area contributed by atoms with E-state index in [9.17, 15) is 4.79 Å². The molecule has 1 saturated heterocycles. The Kier molecular flexibility index (Phi) is 4.60. The summed E-state index contributed by atoms with van der Waals surface area (Å²) >= 11 is 0. The summed E-state index contributed by atoms with van der Waals surface area (Å²) in [5.41, 5.74) is 7.44. The van der Waals surface area contributed by atoms with Crippen LogP contribution in [0, 0.1) is 5.92 Å². The number of para-hydroxylation sites is 2. The van der Waals surface area contributed by atoms with Crippen LogP contribution in [0.25, 0.3) is 0 Å². The number of amides is 1. The molecule has 1 aromatic carbocycles. The summed E-state index contributed by atoms with van der Waals surface area (Å²) in [6.07, 6.45) is 0.699. The minimum absolute atomic E-state index is 0.347. The van der Waals surface area contributed by atoms with Crippen LogP contribution < -0.4 is 16.0 Å². The van der Waals surface area contributed by atoms with Gasteiger partial charge < -0.3 is 20.7 Å². The van der Waals surface area contributed by atoms with E-state index in [0.29, 0.717) is 12.5 Å². The number of hydrogen-bond acceptors (Lipinski definition) is 4. The molecule has 116 valence electrons. The normalized spacial score (nSPS) is 18.6. The summed E-state index contributed by atoms with van der Waals surface area (Å²) in [5, 5.41) is 2.85. The Bertz CT molecular complexity index is 497. The van der Waals surface area contributed by atoms with Gasteiger partial charge in [0.1, 0.15) is 5.60 Å². The third-order valence-corrected chi connectivity index (χ3v) is 3.50. The van der Waals surface area contributed by atoms with Crippen molar-refractivity contribution in [3.8, 4) is 0 Å². The molecule has 5 heteroatoms. The minimum atomic E-state index is -0.454. The summed E-state index contributed by atoms with van der Waals surface area (Å²) in [4.78, 5) is 13.9. The molecule has 1 aromatic rings. The molecular formula is C16H25N3O2. The molecule has 0 aromatic heterocycles. The molecule has 0 bridgehead atoms. The second-order valence-electron chi connectivity index (χ2n) is 6.54. The van der Waals surface area contributed by atoms with Crippen LogP contribution >= 0.6 is 0 Å². The zero-order valence-electron chi connectivity index (χ0n) is 13.1. The number of carbonyl (C=O) groups is 1. The van der Waals surface area contributed by atoms with Crippen molar-refractivity contribution in [1.29, 1.82) is 0 Å². The van der Waals surface area contributed by atoms with Gasteiger partial charge in [-0.1, -0.05) is 12.1 Å². The van der Waals surface area contributed by atoms with Crippen molar-refractivity contribution < 1.29 is 9.53 Å². The van der Waals surface area contributed by atoms with Crippen LogP contribution in [0.5, 0.6) is 0 Å². The fourth-order valence-corrected chi connectivity index (χ4v) is 2.54. The van der Waals surface area contributed by atoms with Gasteiger partial charge in [0, 0.05) is 19.6 Å². The topological polar surface area (TPSA) is 67.6 Å². The van der Waals surface area contributed by atoms with Gasteiger partial charge in [0.25, 0.3) is 0 Å². The van der Waals surface area contributed by atoms with E-state index in [0.717, 1.165) is 30.9 Å². The van der Waals surface area contributed by atoms with E-state index >= 15 is 0 Å². The molecule has 3 N–H and O–H groups in total. The first-order valence-corrected chi connectivity index (χ1v) is 7.41. The number of rotatable bonds is 3. The molecule has 0 aliphatic carbocycles. The predicted molar refractivity (Wildman–Crippen MR) is 85.4 cm³/mol. The van der Waals surface area contributed by atoms with Gasteiger partial charge in [0.2, 0.25) is 0 Å². The van der Waals surface area contributed by atoms with Crippen LogP contribution in [-0.4, -0.2) is 31.3 Å². The number of anilines is 2. The van der Waals surface area contributed by atoms with Gasteiger partial charge >= 0.3 is 6.09 Å². The van der Waals surface area contributed by atoms with Crippen LogP contribution in [0.15, 0.2) is 24.3 Å². The third-order valence-electron chi connectivity index (χ3n) is 3.50. The lowest BCUT2D eigenvalue weighted by Crippen LogP contribution is -2.36. The van der Waals surface area contributed by atoms with Crippen LogP contribution in [0.3, 0.4) is 0 Å². The van der Waals surface area contributed by atoms with Crippen LogP contribution in [0.1, 0.15) is 27.2 Å². The van der Waals surface area contributed by atoms with Gasteiger partial charge in [-0.15, -0.1) is 0 Å². The Morgan fingerprint density at radius 1 is 1.43 bits per heavy atom. The summed E-state index contributed by atoms with van der Waals surface area (Å²) < 4.78 is 5.24. The highest BCUT2D eigenvalue weighted by atomic mass is 16.6. The number of nitrogens with two attached hydrogens (primary N) is 1. The fourth-order valence-electron chi connectivity index (χ4n) is 2.54. The second kappa shape index (κ2) is 6.24. The highest BCUT2D eigenvalue weighted by molar-refractivity contribution is 5.68. The Morgan fingerprint density at radius 3 is 2.81 bits per heavy atom. The molecule has 5 nitrogen and oxygen atoms in total. The molecule has 0 saturated carbocycles. The van der Waals surface area contributed by atoms with Gasteiger partial charge in [-0.2, -0.15) is 0 Å². The van der Waals surface area contributed by atoms with Crippen molar-refractivity contribution in [3.05, 3.63) is 24.3 Å².